The summed E-state index contributed by atoms with van der Waals surface area (Å²) in [5.41, 5.74) is 0.542. The van der Waals surface area contributed by atoms with Gasteiger partial charge in [-0.1, -0.05) is 23.2 Å². The third kappa shape index (κ3) is 2.45. The Bertz CT molecular complexity index is 647. The fraction of sp³-hybridized carbons (Fsp3) is 0.357. The molecule has 0 bridgehead atoms. The molecule has 1 aromatic carbocycles. The standard InChI is InChI=1S/C14H12Cl2N4O/c15-9-5-10(16)7-11(6-9)20-13(21)12-3-1-2-4-19(12)14(20)18-8-17/h5-7,12H,1-4H2/b18-14-/t12-/m0/s1. The quantitative estimate of drug-likeness (QED) is 0.747. The van der Waals surface area contributed by atoms with Crippen LogP contribution in [0.25, 0.3) is 0 Å². The van der Waals surface area contributed by atoms with Gasteiger partial charge in [0.25, 0.3) is 5.91 Å². The molecule has 0 spiro atoms. The topological polar surface area (TPSA) is 59.7 Å². The van der Waals surface area contributed by atoms with Crippen molar-refractivity contribution >= 4 is 40.8 Å². The number of nitrogens with zero attached hydrogens (tertiary/aromatic N) is 4. The first-order chi connectivity index (χ1) is 10.1. The smallest absolute Gasteiger partial charge is 0.256 e. The van der Waals surface area contributed by atoms with Gasteiger partial charge in [0.05, 0.1) is 5.69 Å². The lowest BCUT2D eigenvalue weighted by molar-refractivity contribution is -0.120. The summed E-state index contributed by atoms with van der Waals surface area (Å²) in [7, 11) is 0. The maximum atomic E-state index is 12.7. The molecule has 1 aromatic rings. The molecule has 0 radical (unpaired) electrons. The number of fused-ring (bicyclic) bond motifs is 1. The summed E-state index contributed by atoms with van der Waals surface area (Å²) in [6.45, 7) is 0.724. The molecule has 2 fully saturated rings. The predicted octanol–water partition coefficient (Wildman–Crippen LogP) is 3.03. The Morgan fingerprint density at radius 1 is 1.24 bits per heavy atom. The van der Waals surface area contributed by atoms with Crippen molar-refractivity contribution in [3.05, 3.63) is 28.2 Å². The number of guanidine groups is 1. The molecule has 21 heavy (non-hydrogen) atoms. The Balaban J connectivity index is 2.08. The number of anilines is 1. The number of benzene rings is 1. The first-order valence-corrected chi connectivity index (χ1v) is 7.41. The molecule has 3 rings (SSSR count). The number of aliphatic imine (C=N–C) groups is 1. The van der Waals surface area contributed by atoms with Gasteiger partial charge in [-0.3, -0.25) is 4.79 Å². The molecular weight excluding hydrogens is 311 g/mol. The zero-order valence-electron chi connectivity index (χ0n) is 11.1. The summed E-state index contributed by atoms with van der Waals surface area (Å²) in [6.07, 6.45) is 4.53. The highest BCUT2D eigenvalue weighted by atomic mass is 35.5. The van der Waals surface area contributed by atoms with Crippen LogP contribution in [0, 0.1) is 11.5 Å². The van der Waals surface area contributed by atoms with E-state index >= 15 is 0 Å². The third-order valence-corrected chi connectivity index (χ3v) is 4.16. The van der Waals surface area contributed by atoms with Gasteiger partial charge in [0.2, 0.25) is 12.2 Å². The van der Waals surface area contributed by atoms with Crippen LogP contribution in [0.4, 0.5) is 5.69 Å². The van der Waals surface area contributed by atoms with E-state index in [1.807, 2.05) is 4.90 Å². The van der Waals surface area contributed by atoms with E-state index in [-0.39, 0.29) is 11.9 Å². The molecule has 0 aliphatic carbocycles. The summed E-state index contributed by atoms with van der Waals surface area (Å²) >= 11 is 12.0. The molecule has 0 unspecified atom stereocenters. The van der Waals surface area contributed by atoms with Crippen molar-refractivity contribution in [3.63, 3.8) is 0 Å². The molecule has 108 valence electrons. The van der Waals surface area contributed by atoms with Gasteiger partial charge < -0.3 is 4.90 Å². The summed E-state index contributed by atoms with van der Waals surface area (Å²) in [6, 6.07) is 4.65. The Kier molecular flexibility index (Phi) is 3.75. The second-order valence-corrected chi connectivity index (χ2v) is 5.89. The highest BCUT2D eigenvalue weighted by molar-refractivity contribution is 6.35. The molecular formula is C14H12Cl2N4O. The summed E-state index contributed by atoms with van der Waals surface area (Å²) in [5.74, 6) is 0.285. The van der Waals surface area contributed by atoms with Crippen LogP contribution in [-0.4, -0.2) is 29.4 Å². The van der Waals surface area contributed by atoms with Gasteiger partial charge >= 0.3 is 0 Å². The van der Waals surface area contributed by atoms with Crippen LogP contribution in [-0.2, 0) is 4.79 Å². The lowest BCUT2D eigenvalue weighted by Gasteiger charge is -2.27. The van der Waals surface area contributed by atoms with Gasteiger partial charge in [0.1, 0.15) is 6.04 Å². The maximum absolute atomic E-state index is 12.7. The first-order valence-electron chi connectivity index (χ1n) is 6.65. The normalized spacial score (nSPS) is 23.4. The highest BCUT2D eigenvalue weighted by Gasteiger charge is 2.45. The first kappa shape index (κ1) is 14.2. The average molecular weight is 323 g/mol. The van der Waals surface area contributed by atoms with Gasteiger partial charge in [0.15, 0.2) is 0 Å². The van der Waals surface area contributed by atoms with Crippen LogP contribution in [0.2, 0.25) is 10.0 Å². The minimum atomic E-state index is -0.247. The van der Waals surface area contributed by atoms with Crippen LogP contribution < -0.4 is 4.90 Å². The van der Waals surface area contributed by atoms with E-state index in [4.69, 9.17) is 28.5 Å². The maximum Gasteiger partial charge on any atom is 0.256 e. The van der Waals surface area contributed by atoms with E-state index < -0.39 is 0 Å². The van der Waals surface area contributed by atoms with Gasteiger partial charge in [0, 0.05) is 16.6 Å². The lowest BCUT2D eigenvalue weighted by atomic mass is 10.0. The van der Waals surface area contributed by atoms with E-state index in [1.54, 1.807) is 24.4 Å². The van der Waals surface area contributed by atoms with Crippen molar-refractivity contribution in [3.8, 4) is 6.19 Å². The molecule has 1 amide bonds. The lowest BCUT2D eigenvalue weighted by Crippen LogP contribution is -2.39. The minimum Gasteiger partial charge on any atom is -0.329 e. The van der Waals surface area contributed by atoms with Crippen LogP contribution in [0.3, 0.4) is 0 Å². The number of hydrogen-bond donors (Lipinski definition) is 0. The van der Waals surface area contributed by atoms with Crippen molar-refractivity contribution in [2.75, 3.05) is 11.4 Å². The van der Waals surface area contributed by atoms with E-state index in [1.165, 1.54) is 4.90 Å². The number of hydrogen-bond acceptors (Lipinski definition) is 3. The number of piperidine rings is 1. The van der Waals surface area contributed by atoms with Gasteiger partial charge in [-0.15, -0.1) is 4.99 Å². The molecule has 0 saturated carbocycles. The van der Waals surface area contributed by atoms with E-state index in [0.717, 1.165) is 25.8 Å². The van der Waals surface area contributed by atoms with Crippen LogP contribution in [0.5, 0.6) is 0 Å². The van der Waals surface area contributed by atoms with Gasteiger partial charge in [-0.05, 0) is 37.5 Å². The number of carbonyl (C=O) groups excluding carboxylic acids is 1. The summed E-state index contributed by atoms with van der Waals surface area (Å²) in [4.78, 5) is 19.8. The van der Waals surface area contributed by atoms with Gasteiger partial charge in [-0.25, -0.2) is 4.90 Å². The SMILES string of the molecule is N#C/N=C1\N(c2cc(Cl)cc(Cl)c2)C(=O)[C@@H]2CCCCN12. The molecule has 0 N–H and O–H groups in total. The second kappa shape index (κ2) is 5.55. The monoisotopic (exact) mass is 322 g/mol. The van der Waals surface area contributed by atoms with Crippen molar-refractivity contribution < 1.29 is 4.79 Å². The summed E-state index contributed by atoms with van der Waals surface area (Å²) in [5, 5.41) is 9.80. The fourth-order valence-electron chi connectivity index (χ4n) is 2.87. The summed E-state index contributed by atoms with van der Waals surface area (Å²) < 4.78 is 0. The Morgan fingerprint density at radius 2 is 1.95 bits per heavy atom. The van der Waals surface area contributed by atoms with Crippen molar-refractivity contribution in [1.29, 1.82) is 5.26 Å². The molecule has 0 aromatic heterocycles. The Labute approximate surface area is 132 Å². The largest absolute Gasteiger partial charge is 0.329 e. The van der Waals surface area contributed by atoms with Crippen LogP contribution >= 0.6 is 23.2 Å². The Hall–Kier alpha value is -1.77. The molecule has 2 aliphatic rings. The number of carbonyl (C=O) groups is 1. The number of nitriles is 1. The van der Waals surface area contributed by atoms with E-state index in [2.05, 4.69) is 4.99 Å². The van der Waals surface area contributed by atoms with Crippen molar-refractivity contribution in [1.82, 2.24) is 4.90 Å². The molecule has 2 saturated heterocycles. The minimum absolute atomic E-state index is 0.0815. The fourth-order valence-corrected chi connectivity index (χ4v) is 3.39. The van der Waals surface area contributed by atoms with Crippen LogP contribution in [0.1, 0.15) is 19.3 Å². The molecule has 7 heteroatoms. The van der Waals surface area contributed by atoms with E-state index in [9.17, 15) is 4.79 Å². The molecule has 1 atom stereocenters. The van der Waals surface area contributed by atoms with Crippen molar-refractivity contribution in [2.24, 2.45) is 4.99 Å². The second-order valence-electron chi connectivity index (χ2n) is 5.02. The molecule has 2 heterocycles. The average Bonchev–Trinajstić information content (AvgIpc) is 2.72. The third-order valence-electron chi connectivity index (χ3n) is 3.72. The van der Waals surface area contributed by atoms with Crippen LogP contribution in [0.15, 0.2) is 23.2 Å². The zero-order chi connectivity index (χ0) is 15.0. The van der Waals surface area contributed by atoms with Gasteiger partial charge in [-0.2, -0.15) is 5.26 Å². The Morgan fingerprint density at radius 3 is 2.62 bits per heavy atom. The molecule has 5 nitrogen and oxygen atoms in total. The number of rotatable bonds is 1. The zero-order valence-corrected chi connectivity index (χ0v) is 12.6. The molecule has 2 aliphatic heterocycles. The predicted molar refractivity (Wildman–Crippen MR) is 81.3 cm³/mol. The highest BCUT2D eigenvalue weighted by Crippen LogP contribution is 2.33. The van der Waals surface area contributed by atoms with E-state index in [0.29, 0.717) is 21.7 Å². The number of amides is 1. The number of halogens is 2. The van der Waals surface area contributed by atoms with Crippen molar-refractivity contribution in [2.45, 2.75) is 25.3 Å².